The second-order valence-corrected chi connectivity index (χ2v) is 8.13. The summed E-state index contributed by atoms with van der Waals surface area (Å²) in [4.78, 5) is 16.1. The smallest absolute Gasteiger partial charge is 0.246 e. The number of halogens is 2. The zero-order valence-electron chi connectivity index (χ0n) is 17.2. The molecule has 0 atom stereocenters. The van der Waals surface area contributed by atoms with Gasteiger partial charge in [-0.05, 0) is 77.9 Å². The van der Waals surface area contributed by atoms with Gasteiger partial charge in [-0.25, -0.2) is 4.39 Å². The van der Waals surface area contributed by atoms with Gasteiger partial charge in [0.15, 0.2) is 5.82 Å². The van der Waals surface area contributed by atoms with Crippen LogP contribution in [0, 0.1) is 12.7 Å². The predicted octanol–water partition coefficient (Wildman–Crippen LogP) is 4.24. The molecule has 31 heavy (non-hydrogen) atoms. The Morgan fingerprint density at radius 2 is 1.94 bits per heavy atom. The molecule has 1 fully saturated rings. The monoisotopic (exact) mass is 439 g/mol. The molecule has 0 bridgehead atoms. The molecule has 1 aromatic heterocycles. The van der Waals surface area contributed by atoms with Gasteiger partial charge in [0.2, 0.25) is 5.91 Å². The lowest BCUT2D eigenvalue weighted by atomic mass is 9.89. The van der Waals surface area contributed by atoms with Crippen molar-refractivity contribution in [1.82, 2.24) is 25.1 Å². The first-order chi connectivity index (χ1) is 15.0. The normalized spacial score (nSPS) is 15.0. The highest BCUT2D eigenvalue weighted by Crippen LogP contribution is 2.28. The van der Waals surface area contributed by atoms with Gasteiger partial charge in [-0.1, -0.05) is 29.8 Å². The van der Waals surface area contributed by atoms with Crippen LogP contribution < -0.4 is 0 Å². The number of aryl methyl sites for hydroxylation is 1. The van der Waals surface area contributed by atoms with Crippen molar-refractivity contribution in [1.29, 1.82) is 0 Å². The molecule has 4 rings (SSSR count). The third kappa shape index (κ3) is 5.35. The Balaban J connectivity index is 1.40. The van der Waals surface area contributed by atoms with Gasteiger partial charge in [0.1, 0.15) is 5.82 Å². The van der Waals surface area contributed by atoms with Crippen LogP contribution in [0.5, 0.6) is 0 Å². The molecule has 6 nitrogen and oxygen atoms in total. The van der Waals surface area contributed by atoms with Crippen LogP contribution in [-0.2, 0) is 11.3 Å². The third-order valence-corrected chi connectivity index (χ3v) is 5.76. The van der Waals surface area contributed by atoms with Crippen LogP contribution in [0.15, 0.2) is 48.5 Å². The second kappa shape index (κ2) is 9.39. The molecule has 8 heteroatoms. The first kappa shape index (κ1) is 21.2. The molecule has 0 aliphatic carbocycles. The van der Waals surface area contributed by atoms with Crippen molar-refractivity contribution >= 4 is 23.6 Å². The van der Waals surface area contributed by atoms with Gasteiger partial charge in [-0.3, -0.25) is 4.79 Å². The van der Waals surface area contributed by atoms with Crippen LogP contribution in [0.25, 0.3) is 6.08 Å². The highest BCUT2D eigenvalue weighted by molar-refractivity contribution is 6.30. The van der Waals surface area contributed by atoms with Gasteiger partial charge in [0, 0.05) is 24.2 Å². The Morgan fingerprint density at radius 3 is 2.61 bits per heavy atom. The molecule has 0 unspecified atom stereocenters. The lowest BCUT2D eigenvalue weighted by Crippen LogP contribution is -2.36. The third-order valence-electron chi connectivity index (χ3n) is 5.52. The fourth-order valence-electron chi connectivity index (χ4n) is 3.85. The zero-order valence-corrected chi connectivity index (χ0v) is 18.0. The first-order valence-corrected chi connectivity index (χ1v) is 10.6. The van der Waals surface area contributed by atoms with E-state index in [2.05, 4.69) is 15.4 Å². The number of nitrogens with zero attached hydrogens (tertiary/aromatic N) is 5. The van der Waals surface area contributed by atoms with E-state index in [0.717, 1.165) is 29.5 Å². The van der Waals surface area contributed by atoms with E-state index in [4.69, 9.17) is 11.6 Å². The lowest BCUT2D eigenvalue weighted by molar-refractivity contribution is -0.126. The van der Waals surface area contributed by atoms with E-state index in [9.17, 15) is 9.18 Å². The van der Waals surface area contributed by atoms with Crippen molar-refractivity contribution in [2.45, 2.75) is 32.2 Å². The predicted molar refractivity (Wildman–Crippen MR) is 117 cm³/mol. The zero-order chi connectivity index (χ0) is 21.8. The highest BCUT2D eigenvalue weighted by Gasteiger charge is 2.22. The Kier molecular flexibility index (Phi) is 6.42. The van der Waals surface area contributed by atoms with Crippen LogP contribution in [-0.4, -0.2) is 44.1 Å². The largest absolute Gasteiger partial charge is 0.339 e. The van der Waals surface area contributed by atoms with Crippen LogP contribution in [0.1, 0.15) is 41.3 Å². The standard InChI is InChI=1S/C23H23ClFN5O/c1-16-26-28-30(27-16)15-20-14-21(24)6-2-18(20)5-9-23(31)29-12-10-19(11-13-29)17-3-7-22(25)8-4-17/h2-9,14,19H,10-13,15H2,1H3. The van der Waals surface area contributed by atoms with Crippen molar-refractivity contribution < 1.29 is 9.18 Å². The van der Waals surface area contributed by atoms with Gasteiger partial charge in [0.25, 0.3) is 0 Å². The van der Waals surface area contributed by atoms with E-state index >= 15 is 0 Å². The average Bonchev–Trinajstić information content (AvgIpc) is 3.18. The molecule has 160 valence electrons. The van der Waals surface area contributed by atoms with Crippen LogP contribution >= 0.6 is 11.6 Å². The molecule has 2 heterocycles. The van der Waals surface area contributed by atoms with Crippen LogP contribution in [0.2, 0.25) is 5.02 Å². The molecule has 0 radical (unpaired) electrons. The van der Waals surface area contributed by atoms with Gasteiger partial charge >= 0.3 is 0 Å². The van der Waals surface area contributed by atoms with Crippen molar-refractivity contribution in [2.75, 3.05) is 13.1 Å². The Bertz CT molecular complexity index is 1090. The number of carbonyl (C=O) groups excluding carboxylic acids is 1. The minimum absolute atomic E-state index is 0.0202. The van der Waals surface area contributed by atoms with Crippen LogP contribution in [0.4, 0.5) is 4.39 Å². The Hall–Kier alpha value is -3.06. The number of aromatic nitrogens is 4. The number of piperidine rings is 1. The number of tetrazole rings is 1. The summed E-state index contributed by atoms with van der Waals surface area (Å²) in [7, 11) is 0. The molecule has 1 aliphatic rings. The number of hydrogen-bond acceptors (Lipinski definition) is 4. The first-order valence-electron chi connectivity index (χ1n) is 10.2. The van der Waals surface area contributed by atoms with E-state index in [1.165, 1.54) is 16.9 Å². The number of carbonyl (C=O) groups is 1. The summed E-state index contributed by atoms with van der Waals surface area (Å²) in [6.07, 6.45) is 5.15. The summed E-state index contributed by atoms with van der Waals surface area (Å²) in [6, 6.07) is 12.2. The van der Waals surface area contributed by atoms with Gasteiger partial charge < -0.3 is 4.90 Å². The molecule has 3 aromatic rings. The maximum absolute atomic E-state index is 13.1. The van der Waals surface area contributed by atoms with E-state index < -0.39 is 0 Å². The SMILES string of the molecule is Cc1nnn(Cc2cc(Cl)ccc2C=CC(=O)N2CCC(c3ccc(F)cc3)CC2)n1. The quantitative estimate of drug-likeness (QED) is 0.558. The summed E-state index contributed by atoms with van der Waals surface area (Å²) in [5.74, 6) is 0.708. The van der Waals surface area contributed by atoms with E-state index in [0.29, 0.717) is 36.4 Å². The maximum atomic E-state index is 13.1. The molecular weight excluding hydrogens is 417 g/mol. The van der Waals surface area contributed by atoms with Crippen LogP contribution in [0.3, 0.4) is 0 Å². The molecule has 0 spiro atoms. The minimum atomic E-state index is -0.224. The number of hydrogen-bond donors (Lipinski definition) is 0. The topological polar surface area (TPSA) is 63.9 Å². The van der Waals surface area contributed by atoms with E-state index in [-0.39, 0.29) is 11.7 Å². The van der Waals surface area contributed by atoms with Gasteiger partial charge in [-0.2, -0.15) is 4.80 Å². The maximum Gasteiger partial charge on any atom is 0.246 e. The number of rotatable bonds is 5. The molecule has 1 saturated heterocycles. The Morgan fingerprint density at radius 1 is 1.19 bits per heavy atom. The molecule has 2 aromatic carbocycles. The Labute approximate surface area is 185 Å². The molecular formula is C23H23ClFN5O. The summed E-state index contributed by atoms with van der Waals surface area (Å²) in [5.41, 5.74) is 2.92. The van der Waals surface area contributed by atoms with Crippen molar-refractivity contribution in [3.63, 3.8) is 0 Å². The second-order valence-electron chi connectivity index (χ2n) is 7.69. The van der Waals surface area contributed by atoms with Gasteiger partial charge in [-0.15, -0.1) is 10.2 Å². The summed E-state index contributed by atoms with van der Waals surface area (Å²) in [5, 5.41) is 12.7. The van der Waals surface area contributed by atoms with Crippen molar-refractivity contribution in [3.05, 3.63) is 81.9 Å². The lowest BCUT2D eigenvalue weighted by Gasteiger charge is -2.31. The fourth-order valence-corrected chi connectivity index (χ4v) is 4.05. The van der Waals surface area contributed by atoms with Crippen molar-refractivity contribution in [2.24, 2.45) is 0 Å². The van der Waals surface area contributed by atoms with Gasteiger partial charge in [0.05, 0.1) is 6.54 Å². The highest BCUT2D eigenvalue weighted by atomic mass is 35.5. The minimum Gasteiger partial charge on any atom is -0.339 e. The number of likely N-dealkylation sites (tertiary alicyclic amines) is 1. The van der Waals surface area contributed by atoms with E-state index in [1.807, 2.05) is 35.2 Å². The number of benzene rings is 2. The summed E-state index contributed by atoms with van der Waals surface area (Å²) in [6.45, 7) is 3.56. The van der Waals surface area contributed by atoms with Crippen molar-refractivity contribution in [3.8, 4) is 0 Å². The summed E-state index contributed by atoms with van der Waals surface area (Å²) >= 11 is 6.16. The summed E-state index contributed by atoms with van der Waals surface area (Å²) < 4.78 is 13.1. The fraction of sp³-hybridized carbons (Fsp3) is 0.304. The number of amides is 1. The van der Waals surface area contributed by atoms with E-state index in [1.54, 1.807) is 19.1 Å². The molecule has 1 aliphatic heterocycles. The molecule has 0 N–H and O–H groups in total. The molecule has 1 amide bonds. The molecule has 0 saturated carbocycles. The average molecular weight is 440 g/mol.